The Morgan fingerprint density at radius 2 is 1.63 bits per heavy atom. The van der Waals surface area contributed by atoms with Gasteiger partial charge in [0.2, 0.25) is 0 Å². The molecule has 27 heavy (non-hydrogen) atoms. The number of para-hydroxylation sites is 2. The lowest BCUT2D eigenvalue weighted by atomic mass is 10.2. The van der Waals surface area contributed by atoms with Gasteiger partial charge >= 0.3 is 12.6 Å². The molecule has 5 nitrogen and oxygen atoms in total. The van der Waals surface area contributed by atoms with Crippen LogP contribution in [0.1, 0.15) is 13.8 Å². The second-order valence-corrected chi connectivity index (χ2v) is 6.93. The average molecular weight is 395 g/mol. The van der Waals surface area contributed by atoms with Crippen LogP contribution < -0.4 is 10.1 Å². The lowest BCUT2D eigenvalue weighted by Crippen LogP contribution is -2.32. The third-order valence-corrected chi connectivity index (χ3v) is 4.50. The first-order valence-electron chi connectivity index (χ1n) is 8.13. The molecule has 0 heterocycles. The number of esters is 1. The number of halogens is 2. The van der Waals surface area contributed by atoms with Crippen molar-refractivity contribution < 1.29 is 27.8 Å². The molecule has 2 aromatic rings. The largest absolute Gasteiger partial charge is 0.452 e. The zero-order valence-corrected chi connectivity index (χ0v) is 15.5. The van der Waals surface area contributed by atoms with Gasteiger partial charge in [-0.15, -0.1) is 11.8 Å². The molecular weight excluding hydrogens is 376 g/mol. The van der Waals surface area contributed by atoms with Crippen LogP contribution in [0.3, 0.4) is 0 Å². The summed E-state index contributed by atoms with van der Waals surface area (Å²) in [6.45, 7) is 0.0642. The summed E-state index contributed by atoms with van der Waals surface area (Å²) in [6, 6.07) is 15.1. The predicted molar refractivity (Wildman–Crippen MR) is 99.0 cm³/mol. The number of anilines is 1. The van der Waals surface area contributed by atoms with Crippen LogP contribution in [0, 0.1) is 0 Å². The summed E-state index contributed by atoms with van der Waals surface area (Å²) in [5.74, 6) is -1.37. The lowest BCUT2D eigenvalue weighted by molar-refractivity contribution is -0.152. The Morgan fingerprint density at radius 1 is 1.00 bits per heavy atom. The number of rotatable bonds is 8. The van der Waals surface area contributed by atoms with E-state index in [1.807, 2.05) is 30.3 Å². The lowest BCUT2D eigenvalue weighted by Gasteiger charge is -2.17. The molecule has 0 aliphatic heterocycles. The Kier molecular flexibility index (Phi) is 7.60. The summed E-state index contributed by atoms with van der Waals surface area (Å²) < 4.78 is 34.4. The molecule has 8 heteroatoms. The van der Waals surface area contributed by atoms with E-state index in [0.29, 0.717) is 0 Å². The van der Waals surface area contributed by atoms with Crippen LogP contribution in [-0.4, -0.2) is 29.8 Å². The minimum atomic E-state index is -3.02. The Bertz CT molecular complexity index is 773. The normalized spacial score (nSPS) is 12.9. The van der Waals surface area contributed by atoms with E-state index in [2.05, 4.69) is 10.1 Å². The molecule has 2 rings (SSSR count). The number of thioether (sulfide) groups is 1. The van der Waals surface area contributed by atoms with Crippen molar-refractivity contribution in [1.82, 2.24) is 0 Å². The van der Waals surface area contributed by atoms with Gasteiger partial charge in [0.15, 0.2) is 6.10 Å². The minimum absolute atomic E-state index is 0.0670. The summed E-state index contributed by atoms with van der Waals surface area (Å²) in [5, 5.41) is 1.91. The highest BCUT2D eigenvalue weighted by molar-refractivity contribution is 8.00. The van der Waals surface area contributed by atoms with Crippen molar-refractivity contribution in [3.63, 3.8) is 0 Å². The fourth-order valence-electron chi connectivity index (χ4n) is 2.08. The van der Waals surface area contributed by atoms with Gasteiger partial charge in [-0.3, -0.25) is 9.59 Å². The zero-order valence-electron chi connectivity index (χ0n) is 14.7. The molecule has 0 unspecified atom stereocenters. The monoisotopic (exact) mass is 395 g/mol. The molecule has 0 saturated carbocycles. The van der Waals surface area contributed by atoms with Gasteiger partial charge in [0.25, 0.3) is 5.91 Å². The van der Waals surface area contributed by atoms with E-state index >= 15 is 0 Å². The molecule has 0 bridgehead atoms. The number of hydrogen-bond acceptors (Lipinski definition) is 5. The molecule has 2 atom stereocenters. The number of alkyl halides is 2. The van der Waals surface area contributed by atoms with Crippen molar-refractivity contribution in [3.05, 3.63) is 54.6 Å². The highest BCUT2D eigenvalue weighted by atomic mass is 32.2. The van der Waals surface area contributed by atoms with Crippen molar-refractivity contribution in [2.75, 3.05) is 5.32 Å². The summed E-state index contributed by atoms with van der Waals surface area (Å²) in [5.41, 5.74) is 0.0670. The Balaban J connectivity index is 1.92. The molecule has 0 aromatic heterocycles. The highest BCUT2D eigenvalue weighted by Crippen LogP contribution is 2.26. The highest BCUT2D eigenvalue weighted by Gasteiger charge is 2.23. The van der Waals surface area contributed by atoms with Crippen LogP contribution in [0.15, 0.2) is 59.5 Å². The number of benzene rings is 2. The predicted octanol–water partition coefficient (Wildman–Crippen LogP) is 4.34. The Labute approximate surface area is 160 Å². The summed E-state index contributed by atoms with van der Waals surface area (Å²) in [6.07, 6.45) is -1.10. The van der Waals surface area contributed by atoms with Crippen LogP contribution in [0.4, 0.5) is 14.5 Å². The molecule has 0 spiro atoms. The SMILES string of the molecule is C[C@H](OC(=O)[C@@H](C)Sc1ccccc1)C(=O)Nc1ccccc1OC(F)F. The van der Waals surface area contributed by atoms with Gasteiger partial charge in [-0.1, -0.05) is 30.3 Å². The third kappa shape index (κ3) is 6.56. The van der Waals surface area contributed by atoms with Crippen molar-refractivity contribution in [3.8, 4) is 5.75 Å². The number of ether oxygens (including phenoxy) is 2. The number of hydrogen-bond donors (Lipinski definition) is 1. The van der Waals surface area contributed by atoms with E-state index in [9.17, 15) is 18.4 Å². The molecule has 0 fully saturated rings. The number of carbonyl (C=O) groups excluding carboxylic acids is 2. The van der Waals surface area contributed by atoms with E-state index in [1.54, 1.807) is 13.0 Å². The first kappa shape index (κ1) is 20.7. The average Bonchev–Trinajstić information content (AvgIpc) is 2.63. The van der Waals surface area contributed by atoms with E-state index in [4.69, 9.17) is 4.74 Å². The fraction of sp³-hybridized carbons (Fsp3) is 0.263. The second-order valence-electron chi connectivity index (χ2n) is 5.52. The minimum Gasteiger partial charge on any atom is -0.452 e. The number of amides is 1. The van der Waals surface area contributed by atoms with Gasteiger partial charge in [0.05, 0.1) is 5.69 Å². The molecule has 1 amide bonds. The van der Waals surface area contributed by atoms with Crippen LogP contribution in [0.5, 0.6) is 5.75 Å². The molecule has 1 N–H and O–H groups in total. The molecule has 2 aromatic carbocycles. The molecule has 0 aliphatic rings. The maximum atomic E-state index is 12.4. The number of nitrogens with one attached hydrogen (secondary N) is 1. The van der Waals surface area contributed by atoms with Gasteiger partial charge in [-0.05, 0) is 38.1 Å². The topological polar surface area (TPSA) is 64.6 Å². The van der Waals surface area contributed by atoms with Crippen molar-refractivity contribution >= 4 is 29.3 Å². The summed E-state index contributed by atoms with van der Waals surface area (Å²) >= 11 is 1.31. The van der Waals surface area contributed by atoms with Crippen LogP contribution >= 0.6 is 11.8 Å². The molecule has 144 valence electrons. The van der Waals surface area contributed by atoms with Crippen molar-refractivity contribution in [1.29, 1.82) is 0 Å². The van der Waals surface area contributed by atoms with E-state index in [0.717, 1.165) is 4.90 Å². The summed E-state index contributed by atoms with van der Waals surface area (Å²) in [4.78, 5) is 25.3. The van der Waals surface area contributed by atoms with E-state index in [-0.39, 0.29) is 11.4 Å². The smallest absolute Gasteiger partial charge is 0.387 e. The van der Waals surface area contributed by atoms with E-state index in [1.165, 1.54) is 36.9 Å². The van der Waals surface area contributed by atoms with Gasteiger partial charge < -0.3 is 14.8 Å². The quantitative estimate of drug-likeness (QED) is 0.532. The molecule has 0 aliphatic carbocycles. The van der Waals surface area contributed by atoms with Crippen LogP contribution in [0.25, 0.3) is 0 Å². The first-order valence-corrected chi connectivity index (χ1v) is 9.01. The standard InChI is InChI=1S/C19H19F2NO4S/c1-12(25-18(24)13(2)27-14-8-4-3-5-9-14)17(23)22-15-10-6-7-11-16(15)26-19(20)21/h3-13,19H,1-2H3,(H,22,23)/t12-,13+/m0/s1. The van der Waals surface area contributed by atoms with E-state index < -0.39 is 29.8 Å². The van der Waals surface area contributed by atoms with Crippen LogP contribution in [0.2, 0.25) is 0 Å². The van der Waals surface area contributed by atoms with Crippen molar-refractivity contribution in [2.24, 2.45) is 0 Å². The van der Waals surface area contributed by atoms with Gasteiger partial charge in [0.1, 0.15) is 11.0 Å². The first-order chi connectivity index (χ1) is 12.9. The maximum Gasteiger partial charge on any atom is 0.387 e. The van der Waals surface area contributed by atoms with Gasteiger partial charge in [-0.2, -0.15) is 8.78 Å². The molecular formula is C19H19F2NO4S. The third-order valence-electron chi connectivity index (χ3n) is 3.41. The second kappa shape index (κ2) is 9.91. The van der Waals surface area contributed by atoms with Gasteiger partial charge in [0, 0.05) is 4.90 Å². The zero-order chi connectivity index (χ0) is 19.8. The Hall–Kier alpha value is -2.61. The molecule has 0 saturated heterocycles. The van der Waals surface area contributed by atoms with Gasteiger partial charge in [-0.25, -0.2) is 0 Å². The van der Waals surface area contributed by atoms with Crippen molar-refractivity contribution in [2.45, 2.75) is 36.7 Å². The molecule has 0 radical (unpaired) electrons. The fourth-order valence-corrected chi connectivity index (χ4v) is 2.95. The van der Waals surface area contributed by atoms with Crippen LogP contribution in [-0.2, 0) is 14.3 Å². The number of carbonyl (C=O) groups is 2. The summed E-state index contributed by atoms with van der Waals surface area (Å²) in [7, 11) is 0. The Morgan fingerprint density at radius 3 is 2.30 bits per heavy atom. The maximum absolute atomic E-state index is 12.4.